The number of anilines is 1. The van der Waals surface area contributed by atoms with Crippen molar-refractivity contribution < 1.29 is 22.0 Å². The zero-order chi connectivity index (χ0) is 11.8. The predicted molar refractivity (Wildman–Crippen MR) is 41.4 cm³/mol. The fourth-order valence-corrected chi connectivity index (χ4v) is 1.02. The second-order valence-corrected chi connectivity index (χ2v) is 2.66. The number of rotatable bonds is 1. The fourth-order valence-electron chi connectivity index (χ4n) is 1.02. The van der Waals surface area contributed by atoms with Crippen molar-refractivity contribution in [3.8, 4) is 0 Å². The molecule has 1 heterocycles. The molecule has 0 bridgehead atoms. The number of hydrogen-bond donors (Lipinski definition) is 2. The largest absolute Gasteiger partial charge is 0.423 e. The predicted octanol–water partition coefficient (Wildman–Crippen LogP) is 1.91. The van der Waals surface area contributed by atoms with Crippen LogP contribution in [-0.2, 0) is 6.18 Å². The average Bonchev–Trinajstić information content (AvgIpc) is 2.00. The summed E-state index contributed by atoms with van der Waals surface area (Å²) in [5.41, 5.74) is -0.753. The summed E-state index contributed by atoms with van der Waals surface area (Å²) in [5.74, 6) is 0. The van der Waals surface area contributed by atoms with Gasteiger partial charge in [0.05, 0.1) is 11.3 Å². The van der Waals surface area contributed by atoms with E-state index < -0.39 is 35.0 Å². The van der Waals surface area contributed by atoms with Crippen molar-refractivity contribution in [1.82, 2.24) is 4.98 Å². The molecule has 0 saturated heterocycles. The van der Waals surface area contributed by atoms with Gasteiger partial charge in [0.15, 0.2) is 0 Å². The number of halogens is 5. The number of hydrogen-bond acceptors (Lipinski definition) is 2. The van der Waals surface area contributed by atoms with E-state index in [-0.39, 0.29) is 0 Å². The normalized spacial score (nSPS) is 12.1. The van der Waals surface area contributed by atoms with Gasteiger partial charge in [-0.1, -0.05) is 0 Å². The van der Waals surface area contributed by atoms with Crippen LogP contribution in [0.2, 0.25) is 0 Å². The standard InChI is InChI=1S/C7H5F5N2O/c8-5(9)2-1-14-6(15)3(4(2)13)7(10,11)12/h1,5H,(H3,13,14,15). The molecule has 84 valence electrons. The molecule has 1 aromatic heterocycles. The second kappa shape index (κ2) is 3.52. The summed E-state index contributed by atoms with van der Waals surface area (Å²) in [5, 5.41) is 0. The highest BCUT2D eigenvalue weighted by Gasteiger charge is 2.38. The second-order valence-electron chi connectivity index (χ2n) is 2.66. The highest BCUT2D eigenvalue weighted by atomic mass is 19.4. The molecule has 0 spiro atoms. The van der Waals surface area contributed by atoms with Gasteiger partial charge in [0.2, 0.25) is 0 Å². The number of nitrogens with two attached hydrogens (primary N) is 1. The molecule has 0 radical (unpaired) electrons. The van der Waals surface area contributed by atoms with Gasteiger partial charge in [0.25, 0.3) is 12.0 Å². The Labute approximate surface area is 79.7 Å². The maximum Gasteiger partial charge on any atom is 0.423 e. The third kappa shape index (κ3) is 2.08. The molecule has 0 aliphatic rings. The molecule has 0 aliphatic heterocycles. The molecule has 0 aliphatic carbocycles. The average molecular weight is 228 g/mol. The first-order valence-electron chi connectivity index (χ1n) is 3.61. The molecule has 0 aromatic carbocycles. The van der Waals surface area contributed by atoms with Gasteiger partial charge in [0.1, 0.15) is 5.56 Å². The summed E-state index contributed by atoms with van der Waals surface area (Å²) in [6, 6.07) is 0. The van der Waals surface area contributed by atoms with Crippen LogP contribution in [0.25, 0.3) is 0 Å². The molecule has 1 aromatic rings. The number of alkyl halides is 5. The molecule has 0 amide bonds. The Morgan fingerprint density at radius 3 is 2.27 bits per heavy atom. The monoisotopic (exact) mass is 228 g/mol. The first-order valence-corrected chi connectivity index (χ1v) is 3.61. The Hall–Kier alpha value is -1.60. The van der Waals surface area contributed by atoms with Gasteiger partial charge in [-0.3, -0.25) is 4.79 Å². The number of aromatic nitrogens is 1. The van der Waals surface area contributed by atoms with Gasteiger partial charge >= 0.3 is 6.18 Å². The highest BCUT2D eigenvalue weighted by molar-refractivity contribution is 5.53. The zero-order valence-electron chi connectivity index (χ0n) is 7.03. The van der Waals surface area contributed by atoms with Crippen LogP contribution in [0.3, 0.4) is 0 Å². The van der Waals surface area contributed by atoms with Crippen LogP contribution in [0.5, 0.6) is 0 Å². The third-order valence-electron chi connectivity index (χ3n) is 1.68. The van der Waals surface area contributed by atoms with E-state index >= 15 is 0 Å². The van der Waals surface area contributed by atoms with Crippen LogP contribution in [0.15, 0.2) is 11.0 Å². The van der Waals surface area contributed by atoms with Gasteiger partial charge in [0, 0.05) is 6.20 Å². The van der Waals surface area contributed by atoms with Crippen molar-refractivity contribution in [2.24, 2.45) is 0 Å². The summed E-state index contributed by atoms with van der Waals surface area (Å²) in [6.07, 6.45) is -7.76. The van der Waals surface area contributed by atoms with Crippen LogP contribution in [0.1, 0.15) is 17.6 Å². The van der Waals surface area contributed by atoms with Gasteiger partial charge in [-0.15, -0.1) is 0 Å². The van der Waals surface area contributed by atoms with Crippen LogP contribution in [0.4, 0.5) is 27.6 Å². The maximum absolute atomic E-state index is 12.2. The summed E-state index contributed by atoms with van der Waals surface area (Å²) in [7, 11) is 0. The van der Waals surface area contributed by atoms with E-state index in [4.69, 9.17) is 5.73 Å². The Morgan fingerprint density at radius 1 is 1.33 bits per heavy atom. The third-order valence-corrected chi connectivity index (χ3v) is 1.68. The van der Waals surface area contributed by atoms with Gasteiger partial charge in [-0.05, 0) is 0 Å². The topological polar surface area (TPSA) is 58.9 Å². The van der Waals surface area contributed by atoms with Crippen LogP contribution < -0.4 is 11.3 Å². The molecule has 0 unspecified atom stereocenters. The van der Waals surface area contributed by atoms with Crippen molar-refractivity contribution in [3.05, 3.63) is 27.7 Å². The fraction of sp³-hybridized carbons (Fsp3) is 0.286. The molecule has 15 heavy (non-hydrogen) atoms. The van der Waals surface area contributed by atoms with Crippen LogP contribution in [-0.4, -0.2) is 4.98 Å². The Bertz CT molecular complexity index is 422. The molecular weight excluding hydrogens is 223 g/mol. The van der Waals surface area contributed by atoms with E-state index in [2.05, 4.69) is 0 Å². The smallest absolute Gasteiger partial charge is 0.398 e. The lowest BCUT2D eigenvalue weighted by atomic mass is 10.1. The molecule has 1 rings (SSSR count). The molecule has 3 N–H and O–H groups in total. The number of pyridine rings is 1. The van der Waals surface area contributed by atoms with Crippen molar-refractivity contribution >= 4 is 5.69 Å². The summed E-state index contributed by atoms with van der Waals surface area (Å²) in [4.78, 5) is 12.3. The van der Waals surface area contributed by atoms with Gasteiger partial charge in [-0.25, -0.2) is 8.78 Å². The van der Waals surface area contributed by atoms with E-state index in [1.54, 1.807) is 4.98 Å². The van der Waals surface area contributed by atoms with E-state index in [0.29, 0.717) is 6.20 Å². The quantitative estimate of drug-likeness (QED) is 0.721. The van der Waals surface area contributed by atoms with Gasteiger partial charge < -0.3 is 10.7 Å². The Morgan fingerprint density at radius 2 is 1.87 bits per heavy atom. The zero-order valence-corrected chi connectivity index (χ0v) is 7.03. The van der Waals surface area contributed by atoms with Crippen molar-refractivity contribution in [2.45, 2.75) is 12.6 Å². The molecule has 0 fully saturated rings. The van der Waals surface area contributed by atoms with Gasteiger partial charge in [-0.2, -0.15) is 13.2 Å². The van der Waals surface area contributed by atoms with Crippen LogP contribution >= 0.6 is 0 Å². The minimum atomic E-state index is -5.05. The number of nitrogen functional groups attached to an aromatic ring is 1. The lowest BCUT2D eigenvalue weighted by Gasteiger charge is -2.11. The van der Waals surface area contributed by atoms with Crippen LogP contribution in [0, 0.1) is 0 Å². The number of nitrogens with one attached hydrogen (secondary N) is 1. The number of H-pyrrole nitrogens is 1. The van der Waals surface area contributed by atoms with E-state index in [1.165, 1.54) is 0 Å². The minimum absolute atomic E-state index is 0.470. The SMILES string of the molecule is Nc1c(C(F)F)c[nH]c(=O)c1C(F)(F)F. The Balaban J connectivity index is 3.51. The lowest BCUT2D eigenvalue weighted by molar-refractivity contribution is -0.138. The molecule has 0 atom stereocenters. The first kappa shape index (κ1) is 11.5. The van der Waals surface area contributed by atoms with Crippen molar-refractivity contribution in [2.75, 3.05) is 5.73 Å². The number of aromatic amines is 1. The summed E-state index contributed by atoms with van der Waals surface area (Å²) in [6.45, 7) is 0. The molecule has 8 heteroatoms. The molecular formula is C7H5F5N2O. The van der Waals surface area contributed by atoms with E-state index in [1.807, 2.05) is 0 Å². The molecule has 3 nitrogen and oxygen atoms in total. The maximum atomic E-state index is 12.2. The first-order chi connectivity index (χ1) is 6.75. The van der Waals surface area contributed by atoms with Crippen molar-refractivity contribution in [3.63, 3.8) is 0 Å². The lowest BCUT2D eigenvalue weighted by Crippen LogP contribution is -2.24. The minimum Gasteiger partial charge on any atom is -0.398 e. The summed E-state index contributed by atoms with van der Waals surface area (Å²) >= 11 is 0. The van der Waals surface area contributed by atoms with Crippen molar-refractivity contribution in [1.29, 1.82) is 0 Å². The summed E-state index contributed by atoms with van der Waals surface area (Å²) < 4.78 is 60.9. The Kier molecular flexibility index (Phi) is 2.69. The molecule has 0 saturated carbocycles. The highest BCUT2D eigenvalue weighted by Crippen LogP contribution is 2.34. The van der Waals surface area contributed by atoms with E-state index in [9.17, 15) is 26.7 Å². The van der Waals surface area contributed by atoms with E-state index in [0.717, 1.165) is 0 Å².